The number of aryl methyl sites for hydroxylation is 1. The monoisotopic (exact) mass is 259 g/mol. The van der Waals surface area contributed by atoms with Gasteiger partial charge in [-0.15, -0.1) is 11.3 Å². The topological polar surface area (TPSA) is 12.9 Å². The van der Waals surface area contributed by atoms with E-state index in [-0.39, 0.29) is 0 Å². The lowest BCUT2D eigenvalue weighted by Gasteiger charge is -1.84. The molecule has 2 aromatic heterocycles. The summed E-state index contributed by atoms with van der Waals surface area (Å²) in [6.07, 6.45) is 0. The van der Waals surface area contributed by atoms with E-state index in [9.17, 15) is 0 Å². The van der Waals surface area contributed by atoms with Gasteiger partial charge in [0.15, 0.2) is 0 Å². The van der Waals surface area contributed by atoms with Crippen LogP contribution < -0.4 is 0 Å². The Hall–Kier alpha value is -0.190. The van der Waals surface area contributed by atoms with E-state index in [2.05, 4.69) is 45.4 Å². The molecule has 2 rings (SSSR count). The first-order valence-electron chi connectivity index (χ1n) is 3.45. The Morgan fingerprint density at radius 1 is 1.42 bits per heavy atom. The smallest absolute Gasteiger partial charge is 0.0943 e. The van der Waals surface area contributed by atoms with Crippen molar-refractivity contribution in [2.24, 2.45) is 0 Å². The Morgan fingerprint density at radius 2 is 2.25 bits per heavy atom. The molecule has 0 spiro atoms. The van der Waals surface area contributed by atoms with Crippen molar-refractivity contribution < 1.29 is 0 Å². The fraction of sp³-hybridized carbons (Fsp3) is 0.125. The van der Waals surface area contributed by atoms with Gasteiger partial charge < -0.3 is 0 Å². The molecule has 0 bridgehead atoms. The molecule has 0 aliphatic rings. The van der Waals surface area contributed by atoms with Crippen LogP contribution in [0, 0.1) is 6.92 Å². The van der Waals surface area contributed by atoms with Crippen molar-refractivity contribution in [3.63, 3.8) is 0 Å². The SMILES string of the molecule is Cc1cc(-c2ccc(Br)s2)ns1. The number of hydrogen-bond donors (Lipinski definition) is 0. The number of halogens is 1. The van der Waals surface area contributed by atoms with Crippen molar-refractivity contribution >= 4 is 38.8 Å². The van der Waals surface area contributed by atoms with Gasteiger partial charge in [0.1, 0.15) is 0 Å². The van der Waals surface area contributed by atoms with Crippen molar-refractivity contribution in [3.05, 3.63) is 26.9 Å². The van der Waals surface area contributed by atoms with E-state index in [4.69, 9.17) is 0 Å². The molecule has 0 fully saturated rings. The molecule has 0 amide bonds. The third-order valence-electron chi connectivity index (χ3n) is 1.45. The molecule has 4 heteroatoms. The summed E-state index contributed by atoms with van der Waals surface area (Å²) in [5, 5.41) is 0. The van der Waals surface area contributed by atoms with Crippen LogP contribution in [0.2, 0.25) is 0 Å². The highest BCUT2D eigenvalue weighted by atomic mass is 79.9. The maximum absolute atomic E-state index is 4.33. The van der Waals surface area contributed by atoms with Gasteiger partial charge in [-0.25, -0.2) is 0 Å². The molecule has 0 radical (unpaired) electrons. The third kappa shape index (κ3) is 1.60. The minimum Gasteiger partial charge on any atom is -0.192 e. The van der Waals surface area contributed by atoms with E-state index >= 15 is 0 Å². The van der Waals surface area contributed by atoms with E-state index in [1.54, 1.807) is 22.9 Å². The highest BCUT2D eigenvalue weighted by molar-refractivity contribution is 9.11. The second kappa shape index (κ2) is 3.28. The molecule has 0 saturated carbocycles. The highest BCUT2D eigenvalue weighted by Crippen LogP contribution is 2.31. The average molecular weight is 260 g/mol. The van der Waals surface area contributed by atoms with Gasteiger partial charge in [0.05, 0.1) is 14.4 Å². The summed E-state index contributed by atoms with van der Waals surface area (Å²) in [6.45, 7) is 2.07. The summed E-state index contributed by atoms with van der Waals surface area (Å²) in [5.74, 6) is 0. The van der Waals surface area contributed by atoms with Gasteiger partial charge in [0.25, 0.3) is 0 Å². The minimum atomic E-state index is 1.09. The first kappa shape index (κ1) is 8.41. The summed E-state index contributed by atoms with van der Waals surface area (Å²) in [4.78, 5) is 2.49. The van der Waals surface area contributed by atoms with E-state index in [0.717, 1.165) is 9.48 Å². The second-order valence-electron chi connectivity index (χ2n) is 2.43. The molecule has 0 unspecified atom stereocenters. The molecule has 12 heavy (non-hydrogen) atoms. The van der Waals surface area contributed by atoms with Crippen LogP contribution >= 0.6 is 38.8 Å². The summed E-state index contributed by atoms with van der Waals surface area (Å²) in [6, 6.07) is 6.25. The first-order chi connectivity index (χ1) is 5.75. The van der Waals surface area contributed by atoms with Crippen LogP contribution in [0.5, 0.6) is 0 Å². The summed E-state index contributed by atoms with van der Waals surface area (Å²) in [7, 11) is 0. The van der Waals surface area contributed by atoms with Crippen LogP contribution in [0.1, 0.15) is 4.88 Å². The van der Waals surface area contributed by atoms with Crippen molar-refractivity contribution in [2.45, 2.75) is 6.92 Å². The van der Waals surface area contributed by atoms with Crippen molar-refractivity contribution in [3.8, 4) is 10.6 Å². The predicted molar refractivity (Wildman–Crippen MR) is 57.9 cm³/mol. The number of thiophene rings is 1. The lowest BCUT2D eigenvalue weighted by molar-refractivity contribution is 1.56. The molecule has 0 aromatic carbocycles. The lowest BCUT2D eigenvalue weighted by atomic mass is 10.3. The van der Waals surface area contributed by atoms with Crippen LogP contribution in [0.15, 0.2) is 22.0 Å². The quantitative estimate of drug-likeness (QED) is 0.756. The first-order valence-corrected chi connectivity index (χ1v) is 5.83. The summed E-state index contributed by atoms with van der Waals surface area (Å²) in [5.41, 5.74) is 1.09. The summed E-state index contributed by atoms with van der Waals surface area (Å²) >= 11 is 6.70. The van der Waals surface area contributed by atoms with E-state index < -0.39 is 0 Å². The van der Waals surface area contributed by atoms with Crippen molar-refractivity contribution in [1.82, 2.24) is 4.37 Å². The van der Waals surface area contributed by atoms with Crippen molar-refractivity contribution in [2.75, 3.05) is 0 Å². The molecular formula is C8H6BrNS2. The van der Waals surface area contributed by atoms with Gasteiger partial charge in [-0.2, -0.15) is 4.37 Å². The Bertz CT molecular complexity index is 353. The number of rotatable bonds is 1. The largest absolute Gasteiger partial charge is 0.192 e. The molecule has 0 saturated heterocycles. The molecule has 0 aliphatic heterocycles. The number of aromatic nitrogens is 1. The maximum atomic E-state index is 4.33. The zero-order valence-electron chi connectivity index (χ0n) is 6.37. The van der Waals surface area contributed by atoms with Gasteiger partial charge in [-0.05, 0) is 52.6 Å². The maximum Gasteiger partial charge on any atom is 0.0943 e. The van der Waals surface area contributed by atoms with Crippen LogP contribution in [0.4, 0.5) is 0 Å². The molecule has 0 aliphatic carbocycles. The molecule has 0 N–H and O–H groups in total. The Kier molecular flexibility index (Phi) is 2.30. The molecule has 0 atom stereocenters. The number of hydrogen-bond acceptors (Lipinski definition) is 3. The van der Waals surface area contributed by atoms with E-state index in [0.29, 0.717) is 0 Å². The zero-order valence-corrected chi connectivity index (χ0v) is 9.59. The second-order valence-corrected chi connectivity index (χ2v) is 5.90. The zero-order chi connectivity index (χ0) is 8.55. The Balaban J connectivity index is 2.43. The third-order valence-corrected chi connectivity index (χ3v) is 3.79. The Morgan fingerprint density at radius 3 is 2.75 bits per heavy atom. The molecule has 2 aromatic rings. The van der Waals surface area contributed by atoms with Crippen LogP contribution in [-0.4, -0.2) is 4.37 Å². The lowest BCUT2D eigenvalue weighted by Crippen LogP contribution is -1.65. The molecule has 1 nitrogen and oxygen atoms in total. The highest BCUT2D eigenvalue weighted by Gasteiger charge is 2.03. The van der Waals surface area contributed by atoms with Gasteiger partial charge in [-0.1, -0.05) is 0 Å². The van der Waals surface area contributed by atoms with Crippen LogP contribution in [-0.2, 0) is 0 Å². The summed E-state index contributed by atoms with van der Waals surface area (Å²) < 4.78 is 5.49. The van der Waals surface area contributed by atoms with Gasteiger partial charge in [0, 0.05) is 4.88 Å². The van der Waals surface area contributed by atoms with Gasteiger partial charge in [0.2, 0.25) is 0 Å². The van der Waals surface area contributed by atoms with Crippen LogP contribution in [0.3, 0.4) is 0 Å². The predicted octanol–water partition coefficient (Wildman–Crippen LogP) is 3.94. The molecule has 62 valence electrons. The van der Waals surface area contributed by atoms with Gasteiger partial charge in [-0.3, -0.25) is 0 Å². The molecular weight excluding hydrogens is 254 g/mol. The minimum absolute atomic E-state index is 1.09. The van der Waals surface area contributed by atoms with Crippen molar-refractivity contribution in [1.29, 1.82) is 0 Å². The van der Waals surface area contributed by atoms with Gasteiger partial charge >= 0.3 is 0 Å². The Labute approximate surface area is 87.4 Å². The van der Waals surface area contributed by atoms with E-state index in [1.165, 1.54) is 9.75 Å². The standard InChI is InChI=1S/C8H6BrNS2/c1-5-4-6(10-12-5)7-2-3-8(9)11-7/h2-4H,1H3. The molecule has 2 heterocycles. The average Bonchev–Trinajstić information content (AvgIpc) is 2.58. The fourth-order valence-corrected chi connectivity index (χ4v) is 2.90. The van der Waals surface area contributed by atoms with Crippen LogP contribution in [0.25, 0.3) is 10.6 Å². The van der Waals surface area contributed by atoms with E-state index in [1.807, 2.05) is 0 Å². The fourth-order valence-electron chi connectivity index (χ4n) is 0.934. The normalized spacial score (nSPS) is 10.5. The number of nitrogens with zero attached hydrogens (tertiary/aromatic N) is 1.